The molecule has 2 aromatic heterocycles. The molecule has 1 saturated carbocycles. The number of hydrogen-bond acceptors (Lipinski definition) is 3. The normalized spacial score (nSPS) is 14.3. The first-order valence-corrected chi connectivity index (χ1v) is 8.48. The molecule has 1 aliphatic carbocycles. The molecular weight excluding hydrogens is 308 g/mol. The van der Waals surface area contributed by atoms with Gasteiger partial charge < -0.3 is 10.7 Å². The van der Waals surface area contributed by atoms with E-state index < -0.39 is 0 Å². The topological polar surface area (TPSA) is 67.6 Å². The van der Waals surface area contributed by atoms with Crippen molar-refractivity contribution in [2.75, 3.05) is 5.73 Å². The molecule has 1 fully saturated rings. The Hall–Kier alpha value is -2.07. The zero-order valence-corrected chi connectivity index (χ0v) is 13.8. The molecule has 0 saturated heterocycles. The van der Waals surface area contributed by atoms with Gasteiger partial charge in [0, 0.05) is 22.7 Å². The predicted octanol–water partition coefficient (Wildman–Crippen LogP) is 5.20. The fourth-order valence-corrected chi connectivity index (χ4v) is 3.12. The summed E-state index contributed by atoms with van der Waals surface area (Å²) in [4.78, 5) is 11.2. The number of benzene rings is 1. The number of aromatic nitrogens is 3. The summed E-state index contributed by atoms with van der Waals surface area (Å²) in [6.45, 7) is 0. The van der Waals surface area contributed by atoms with Gasteiger partial charge in [-0.05, 0) is 12.1 Å². The monoisotopic (exact) mass is 328 g/mol. The number of nitrogens with zero attached hydrogens (tertiary/aromatic N) is 2. The van der Waals surface area contributed by atoms with Crippen LogP contribution in [0.2, 0.25) is 5.02 Å². The van der Waals surface area contributed by atoms with Crippen LogP contribution in [0.5, 0.6) is 0 Å². The van der Waals surface area contributed by atoms with E-state index in [0.29, 0.717) is 10.7 Å². The van der Waals surface area contributed by atoms with Crippen molar-refractivity contribution in [1.82, 2.24) is 15.0 Å². The fraction of sp³-hybridized carbons (Fsp3) is 0.333. The van der Waals surface area contributed by atoms with Gasteiger partial charge in [0.15, 0.2) is 0 Å². The van der Waals surface area contributed by atoms with Crippen molar-refractivity contribution >= 4 is 28.5 Å². The highest BCUT2D eigenvalue weighted by atomic mass is 35.5. The lowest BCUT2D eigenvalue weighted by Crippen LogP contribution is -1.96. The van der Waals surface area contributed by atoms with E-state index in [2.05, 4.69) is 15.0 Å². The summed E-state index contributed by atoms with van der Waals surface area (Å²) < 4.78 is 0. The highest BCUT2D eigenvalue weighted by molar-refractivity contribution is 6.33. The molecule has 1 aliphatic rings. The summed E-state index contributed by atoms with van der Waals surface area (Å²) in [5.41, 5.74) is 8.24. The maximum Gasteiger partial charge on any atom is 0.220 e. The lowest BCUT2D eigenvalue weighted by Gasteiger charge is -2.05. The average Bonchev–Trinajstić information content (AvgIpc) is 3.08. The van der Waals surface area contributed by atoms with E-state index in [1.54, 1.807) is 0 Å². The van der Waals surface area contributed by atoms with Gasteiger partial charge in [0.2, 0.25) is 5.95 Å². The summed E-state index contributed by atoms with van der Waals surface area (Å²) >= 11 is 6.11. The van der Waals surface area contributed by atoms with E-state index in [0.717, 1.165) is 16.5 Å². The molecule has 2 heterocycles. The molecule has 23 heavy (non-hydrogen) atoms. The van der Waals surface area contributed by atoms with Crippen molar-refractivity contribution in [2.45, 2.75) is 38.5 Å². The third-order valence-corrected chi connectivity index (χ3v) is 4.39. The van der Waals surface area contributed by atoms with Crippen molar-refractivity contribution in [3.8, 4) is 11.3 Å². The number of aromatic amines is 1. The largest absolute Gasteiger partial charge is 0.368 e. The first kappa shape index (κ1) is 15.8. The average molecular weight is 329 g/mol. The number of nitrogen functional groups attached to an aromatic ring is 1. The quantitative estimate of drug-likeness (QED) is 0.645. The molecule has 4 nitrogen and oxygen atoms in total. The number of fused-ring (bicyclic) bond motifs is 1. The standard InChI is InChI=1S/C12H9ClN4.C6H12/c13-9-6-16-12(14)17-11(9)8-2-1-3-10-7(8)4-5-15-10;1-2-4-6-5-3-1/h1-6,15H,(H2,14,16,17);1-6H2. The highest BCUT2D eigenvalue weighted by Crippen LogP contribution is 2.31. The number of nitrogens with two attached hydrogens (primary N) is 1. The van der Waals surface area contributed by atoms with Crippen LogP contribution >= 0.6 is 11.6 Å². The zero-order valence-electron chi connectivity index (χ0n) is 13.1. The minimum Gasteiger partial charge on any atom is -0.368 e. The molecule has 4 rings (SSSR count). The number of H-pyrrole nitrogens is 1. The summed E-state index contributed by atoms with van der Waals surface area (Å²) in [6.07, 6.45) is 12.4. The van der Waals surface area contributed by atoms with E-state index in [9.17, 15) is 0 Å². The van der Waals surface area contributed by atoms with Crippen LogP contribution in [0, 0.1) is 0 Å². The van der Waals surface area contributed by atoms with Gasteiger partial charge >= 0.3 is 0 Å². The summed E-state index contributed by atoms with van der Waals surface area (Å²) in [5.74, 6) is 0.219. The van der Waals surface area contributed by atoms with Gasteiger partial charge in [0.05, 0.1) is 16.9 Å². The van der Waals surface area contributed by atoms with Crippen molar-refractivity contribution in [2.24, 2.45) is 0 Å². The molecule has 0 aliphatic heterocycles. The molecule has 0 spiro atoms. The van der Waals surface area contributed by atoms with Crippen LogP contribution in [-0.4, -0.2) is 15.0 Å². The second-order valence-corrected chi connectivity index (χ2v) is 6.20. The van der Waals surface area contributed by atoms with Crippen LogP contribution in [0.15, 0.2) is 36.7 Å². The molecule has 1 aromatic carbocycles. The van der Waals surface area contributed by atoms with Crippen LogP contribution < -0.4 is 5.73 Å². The fourth-order valence-electron chi connectivity index (χ4n) is 2.92. The first-order chi connectivity index (χ1) is 11.3. The predicted molar refractivity (Wildman–Crippen MR) is 96.4 cm³/mol. The van der Waals surface area contributed by atoms with E-state index in [1.165, 1.54) is 44.7 Å². The number of nitrogens with one attached hydrogen (secondary N) is 1. The number of anilines is 1. The molecule has 120 valence electrons. The van der Waals surface area contributed by atoms with Gasteiger partial charge in [0.1, 0.15) is 0 Å². The Kier molecular flexibility index (Phi) is 5.13. The van der Waals surface area contributed by atoms with Gasteiger partial charge in [-0.2, -0.15) is 0 Å². The number of halogens is 1. The van der Waals surface area contributed by atoms with Crippen LogP contribution in [0.3, 0.4) is 0 Å². The maximum atomic E-state index is 6.11. The SMILES string of the molecule is C1CCCCC1.Nc1ncc(Cl)c(-c2cccc3[nH]ccc23)n1. The third kappa shape index (κ3) is 3.82. The Morgan fingerprint density at radius 2 is 1.70 bits per heavy atom. The minimum absolute atomic E-state index is 0.219. The molecule has 0 unspecified atom stereocenters. The summed E-state index contributed by atoms with van der Waals surface area (Å²) in [5, 5.41) is 1.56. The maximum absolute atomic E-state index is 6.11. The molecule has 0 amide bonds. The Balaban J connectivity index is 0.000000220. The summed E-state index contributed by atoms with van der Waals surface area (Å²) in [7, 11) is 0. The van der Waals surface area contributed by atoms with Crippen molar-refractivity contribution < 1.29 is 0 Å². The van der Waals surface area contributed by atoms with Gasteiger partial charge in [-0.1, -0.05) is 62.3 Å². The van der Waals surface area contributed by atoms with Crippen LogP contribution in [-0.2, 0) is 0 Å². The van der Waals surface area contributed by atoms with Crippen LogP contribution in [0.25, 0.3) is 22.2 Å². The zero-order chi connectivity index (χ0) is 16.1. The van der Waals surface area contributed by atoms with Crippen LogP contribution in [0.1, 0.15) is 38.5 Å². The van der Waals surface area contributed by atoms with E-state index in [-0.39, 0.29) is 5.95 Å². The van der Waals surface area contributed by atoms with Crippen molar-refractivity contribution in [3.05, 3.63) is 41.7 Å². The molecule has 3 N–H and O–H groups in total. The van der Waals surface area contributed by atoms with E-state index in [4.69, 9.17) is 17.3 Å². The second kappa shape index (κ2) is 7.47. The lowest BCUT2D eigenvalue weighted by molar-refractivity contribution is 0.504. The first-order valence-electron chi connectivity index (χ1n) is 8.10. The molecule has 0 radical (unpaired) electrons. The third-order valence-electron chi connectivity index (χ3n) is 4.11. The van der Waals surface area contributed by atoms with E-state index >= 15 is 0 Å². The number of rotatable bonds is 1. The van der Waals surface area contributed by atoms with Gasteiger partial charge in [-0.3, -0.25) is 0 Å². The minimum atomic E-state index is 0.219. The van der Waals surface area contributed by atoms with Gasteiger partial charge in [-0.15, -0.1) is 0 Å². The molecular formula is C18H21ClN4. The molecule has 0 bridgehead atoms. The Labute approximate surface area is 141 Å². The number of hydrogen-bond donors (Lipinski definition) is 2. The van der Waals surface area contributed by atoms with Gasteiger partial charge in [-0.25, -0.2) is 9.97 Å². The highest BCUT2D eigenvalue weighted by Gasteiger charge is 2.10. The van der Waals surface area contributed by atoms with Crippen molar-refractivity contribution in [1.29, 1.82) is 0 Å². The van der Waals surface area contributed by atoms with Crippen LogP contribution in [0.4, 0.5) is 5.95 Å². The lowest BCUT2D eigenvalue weighted by atomic mass is 10.0. The Morgan fingerprint density at radius 1 is 1.00 bits per heavy atom. The molecule has 0 atom stereocenters. The van der Waals surface area contributed by atoms with Crippen molar-refractivity contribution in [3.63, 3.8) is 0 Å². The molecule has 5 heteroatoms. The molecule has 3 aromatic rings. The van der Waals surface area contributed by atoms with E-state index in [1.807, 2.05) is 30.5 Å². The smallest absolute Gasteiger partial charge is 0.220 e. The Morgan fingerprint density at radius 3 is 2.39 bits per heavy atom. The summed E-state index contributed by atoms with van der Waals surface area (Å²) in [6, 6.07) is 7.89. The second-order valence-electron chi connectivity index (χ2n) is 5.79. The van der Waals surface area contributed by atoms with Gasteiger partial charge in [0.25, 0.3) is 0 Å². The Bertz CT molecular complexity index is 766.